The zero-order valence-electron chi connectivity index (χ0n) is 13.9. The number of rotatable bonds is 8. The molecule has 0 bridgehead atoms. The van der Waals surface area contributed by atoms with Crippen molar-refractivity contribution in [2.45, 2.75) is 13.0 Å². The molecule has 0 unspecified atom stereocenters. The van der Waals surface area contributed by atoms with Crippen LogP contribution in [-0.2, 0) is 21.5 Å². The summed E-state index contributed by atoms with van der Waals surface area (Å²) in [6.07, 6.45) is 4.17. The van der Waals surface area contributed by atoms with Crippen LogP contribution in [0.4, 0.5) is 0 Å². The van der Waals surface area contributed by atoms with Crippen LogP contribution in [0.25, 0.3) is 0 Å². The van der Waals surface area contributed by atoms with Crippen LogP contribution in [0.2, 0.25) is 0 Å². The maximum Gasteiger partial charge on any atom is 0.281 e. The van der Waals surface area contributed by atoms with Gasteiger partial charge in [0, 0.05) is 52.7 Å². The van der Waals surface area contributed by atoms with Gasteiger partial charge in [0.25, 0.3) is 10.2 Å². The Kier molecular flexibility index (Phi) is 6.91. The number of nitrogens with zero attached hydrogens (tertiary/aromatic N) is 4. The van der Waals surface area contributed by atoms with Crippen LogP contribution in [0.15, 0.2) is 24.5 Å². The summed E-state index contributed by atoms with van der Waals surface area (Å²) in [7, 11) is -0.304. The Balaban J connectivity index is 1.96. The molecule has 1 aliphatic rings. The lowest BCUT2D eigenvalue weighted by Crippen LogP contribution is -2.42. The van der Waals surface area contributed by atoms with E-state index in [0.717, 1.165) is 44.8 Å². The predicted octanol–water partition coefficient (Wildman–Crippen LogP) is 0.412. The van der Waals surface area contributed by atoms with E-state index in [1.54, 1.807) is 26.5 Å². The van der Waals surface area contributed by atoms with E-state index in [1.807, 2.05) is 12.1 Å². The smallest absolute Gasteiger partial charge is 0.281 e. The number of pyridine rings is 1. The average Bonchev–Trinajstić information content (AvgIpc) is 2.55. The second-order valence-electron chi connectivity index (χ2n) is 5.79. The lowest BCUT2D eigenvalue weighted by molar-refractivity contribution is 0.0368. The van der Waals surface area contributed by atoms with E-state index < -0.39 is 10.2 Å². The summed E-state index contributed by atoms with van der Waals surface area (Å²) in [5.74, 6) is 0. The summed E-state index contributed by atoms with van der Waals surface area (Å²) in [4.78, 5) is 6.29. The Morgan fingerprint density at radius 2 is 1.87 bits per heavy atom. The standard InChI is InChI=1S/C15H26N4O3S/c1-17(2)23(20,21)19(14-15-4-6-16-7-5-15)9-3-8-18-10-12-22-13-11-18/h4-7H,3,8-14H2,1-2H3. The number of aromatic nitrogens is 1. The van der Waals surface area contributed by atoms with Crippen molar-refractivity contribution in [1.82, 2.24) is 18.5 Å². The van der Waals surface area contributed by atoms with Crippen LogP contribution in [-0.4, -0.2) is 80.4 Å². The number of morpholine rings is 1. The molecule has 2 rings (SSSR count). The lowest BCUT2D eigenvalue weighted by atomic mass is 10.2. The van der Waals surface area contributed by atoms with Gasteiger partial charge in [-0.1, -0.05) is 0 Å². The van der Waals surface area contributed by atoms with Crippen molar-refractivity contribution in [2.75, 3.05) is 53.5 Å². The van der Waals surface area contributed by atoms with Crippen LogP contribution in [0, 0.1) is 0 Å². The van der Waals surface area contributed by atoms with Crippen molar-refractivity contribution in [3.63, 3.8) is 0 Å². The summed E-state index contributed by atoms with van der Waals surface area (Å²) in [5.41, 5.74) is 0.941. The highest BCUT2D eigenvalue weighted by Gasteiger charge is 2.24. The van der Waals surface area contributed by atoms with E-state index in [-0.39, 0.29) is 0 Å². The molecule has 0 aromatic carbocycles. The summed E-state index contributed by atoms with van der Waals surface area (Å²) in [6, 6.07) is 3.69. The van der Waals surface area contributed by atoms with Crippen molar-refractivity contribution in [3.05, 3.63) is 30.1 Å². The topological polar surface area (TPSA) is 66.0 Å². The van der Waals surface area contributed by atoms with Gasteiger partial charge in [0.15, 0.2) is 0 Å². The molecule has 8 heteroatoms. The highest BCUT2D eigenvalue weighted by Crippen LogP contribution is 2.12. The van der Waals surface area contributed by atoms with E-state index in [1.165, 1.54) is 8.61 Å². The van der Waals surface area contributed by atoms with Crippen molar-refractivity contribution in [3.8, 4) is 0 Å². The van der Waals surface area contributed by atoms with Gasteiger partial charge in [0.1, 0.15) is 0 Å². The normalized spacial score (nSPS) is 17.0. The predicted molar refractivity (Wildman–Crippen MR) is 89.1 cm³/mol. The molecule has 2 heterocycles. The first-order valence-electron chi connectivity index (χ1n) is 7.87. The molecule has 1 aromatic rings. The molecule has 1 aliphatic heterocycles. The molecule has 0 saturated carbocycles. The molecule has 130 valence electrons. The fourth-order valence-electron chi connectivity index (χ4n) is 2.49. The molecule has 1 saturated heterocycles. The van der Waals surface area contributed by atoms with Crippen LogP contribution in [0.3, 0.4) is 0 Å². The minimum absolute atomic E-state index is 0.367. The molecule has 0 spiro atoms. The molecule has 0 aliphatic carbocycles. The molecular weight excluding hydrogens is 316 g/mol. The lowest BCUT2D eigenvalue weighted by Gasteiger charge is -2.29. The minimum Gasteiger partial charge on any atom is -0.379 e. The number of ether oxygens (including phenoxy) is 1. The highest BCUT2D eigenvalue weighted by atomic mass is 32.2. The van der Waals surface area contributed by atoms with Gasteiger partial charge in [-0.15, -0.1) is 0 Å². The molecule has 1 fully saturated rings. The second-order valence-corrected chi connectivity index (χ2v) is 7.93. The SMILES string of the molecule is CN(C)S(=O)(=O)N(CCCN1CCOCC1)Cc1ccncc1. The Morgan fingerprint density at radius 3 is 2.48 bits per heavy atom. The quantitative estimate of drug-likeness (QED) is 0.685. The Labute approximate surface area is 139 Å². The van der Waals surface area contributed by atoms with E-state index in [2.05, 4.69) is 9.88 Å². The van der Waals surface area contributed by atoms with Crippen LogP contribution >= 0.6 is 0 Å². The summed E-state index contributed by atoms with van der Waals surface area (Å²) >= 11 is 0. The van der Waals surface area contributed by atoms with Gasteiger partial charge in [-0.05, 0) is 30.7 Å². The van der Waals surface area contributed by atoms with Crippen LogP contribution in [0.1, 0.15) is 12.0 Å². The van der Waals surface area contributed by atoms with Crippen molar-refractivity contribution in [1.29, 1.82) is 0 Å². The molecule has 23 heavy (non-hydrogen) atoms. The molecular formula is C15H26N4O3S. The first-order valence-corrected chi connectivity index (χ1v) is 9.26. The third kappa shape index (κ3) is 5.50. The fourth-order valence-corrected chi connectivity index (χ4v) is 3.63. The van der Waals surface area contributed by atoms with E-state index in [0.29, 0.717) is 13.1 Å². The number of hydrogen-bond donors (Lipinski definition) is 0. The van der Waals surface area contributed by atoms with Gasteiger partial charge in [0.2, 0.25) is 0 Å². The third-order valence-corrected chi connectivity index (χ3v) is 5.77. The van der Waals surface area contributed by atoms with E-state index >= 15 is 0 Å². The van der Waals surface area contributed by atoms with Gasteiger partial charge in [-0.25, -0.2) is 0 Å². The van der Waals surface area contributed by atoms with Gasteiger partial charge >= 0.3 is 0 Å². The Hall–Kier alpha value is -1.06. The molecule has 7 nitrogen and oxygen atoms in total. The molecule has 1 aromatic heterocycles. The zero-order valence-corrected chi connectivity index (χ0v) is 14.7. The van der Waals surface area contributed by atoms with Crippen molar-refractivity contribution < 1.29 is 13.2 Å². The highest BCUT2D eigenvalue weighted by molar-refractivity contribution is 7.86. The maximum absolute atomic E-state index is 12.5. The maximum atomic E-state index is 12.5. The monoisotopic (exact) mass is 342 g/mol. The third-order valence-electron chi connectivity index (χ3n) is 3.88. The molecule has 0 radical (unpaired) electrons. The first kappa shape index (κ1) is 18.3. The van der Waals surface area contributed by atoms with Crippen molar-refractivity contribution >= 4 is 10.2 Å². The summed E-state index contributed by atoms with van der Waals surface area (Å²) in [5, 5.41) is 0. The van der Waals surface area contributed by atoms with Gasteiger partial charge in [-0.2, -0.15) is 17.0 Å². The average molecular weight is 342 g/mol. The second kappa shape index (κ2) is 8.70. The van der Waals surface area contributed by atoms with Gasteiger partial charge in [0.05, 0.1) is 13.2 Å². The summed E-state index contributed by atoms with van der Waals surface area (Å²) in [6.45, 7) is 5.12. The Bertz CT molecular complexity index is 559. The Morgan fingerprint density at radius 1 is 1.22 bits per heavy atom. The molecule has 0 N–H and O–H groups in total. The van der Waals surface area contributed by atoms with E-state index in [9.17, 15) is 8.42 Å². The zero-order chi connectivity index (χ0) is 16.7. The largest absolute Gasteiger partial charge is 0.379 e. The minimum atomic E-state index is -3.44. The van der Waals surface area contributed by atoms with Gasteiger partial charge in [-0.3, -0.25) is 9.88 Å². The number of hydrogen-bond acceptors (Lipinski definition) is 5. The van der Waals surface area contributed by atoms with Crippen molar-refractivity contribution in [2.24, 2.45) is 0 Å². The van der Waals surface area contributed by atoms with Crippen LogP contribution in [0.5, 0.6) is 0 Å². The fraction of sp³-hybridized carbons (Fsp3) is 0.667. The van der Waals surface area contributed by atoms with Crippen LogP contribution < -0.4 is 0 Å². The molecule has 0 atom stereocenters. The first-order chi connectivity index (χ1) is 11.0. The molecule has 0 amide bonds. The summed E-state index contributed by atoms with van der Waals surface area (Å²) < 4.78 is 33.2. The van der Waals surface area contributed by atoms with E-state index in [4.69, 9.17) is 4.74 Å². The van der Waals surface area contributed by atoms with Gasteiger partial charge < -0.3 is 4.74 Å².